The molecule has 0 aliphatic heterocycles. The van der Waals surface area contributed by atoms with Crippen LogP contribution in [0.25, 0.3) is 6.20 Å². The van der Waals surface area contributed by atoms with E-state index in [2.05, 4.69) is 32.6 Å². The minimum atomic E-state index is -0.676. The molecule has 6 nitrogen and oxygen atoms in total. The van der Waals surface area contributed by atoms with Crippen molar-refractivity contribution in [3.63, 3.8) is 0 Å². The first kappa shape index (κ1) is 7.86. The maximum Gasteiger partial charge on any atom is 0.492 e. The summed E-state index contributed by atoms with van der Waals surface area (Å²) in [5.41, 5.74) is 0. The summed E-state index contributed by atoms with van der Waals surface area (Å²) in [6.07, 6.45) is 1.31. The predicted octanol–water partition coefficient (Wildman–Crippen LogP) is 1.05. The van der Waals surface area contributed by atoms with Crippen LogP contribution in [0.1, 0.15) is 0 Å². The summed E-state index contributed by atoms with van der Waals surface area (Å²) in [6.45, 7) is 3.37. The highest BCUT2D eigenvalue weighted by molar-refractivity contribution is 9.10. The second kappa shape index (κ2) is 2.79. The minimum absolute atomic E-state index is 0.263. The zero-order valence-corrected chi connectivity index (χ0v) is 6.85. The number of hydrogen-bond donors (Lipinski definition) is 0. The lowest BCUT2D eigenvalue weighted by Gasteiger charge is -1.82. The van der Waals surface area contributed by atoms with E-state index in [1.165, 1.54) is 6.20 Å². The number of aromatic nitrogens is 3. The molecule has 0 atom stereocenters. The van der Waals surface area contributed by atoms with E-state index in [1.807, 2.05) is 0 Å². The Morgan fingerprint density at radius 1 is 1.82 bits per heavy atom. The van der Waals surface area contributed by atoms with Gasteiger partial charge in [0.2, 0.25) is 0 Å². The molecule has 0 bridgehead atoms. The molecule has 0 radical (unpaired) electrons. The van der Waals surface area contributed by atoms with E-state index in [0.29, 0.717) is 0 Å². The number of nitro groups is 1. The van der Waals surface area contributed by atoms with Crippen molar-refractivity contribution >= 4 is 28.1 Å². The van der Waals surface area contributed by atoms with Gasteiger partial charge in [-0.1, -0.05) is 6.58 Å². The van der Waals surface area contributed by atoms with Crippen molar-refractivity contribution in [2.75, 3.05) is 0 Å². The number of nitrogens with zero attached hydrogens (tertiary/aromatic N) is 4. The van der Waals surface area contributed by atoms with Crippen molar-refractivity contribution < 1.29 is 4.92 Å². The Morgan fingerprint density at radius 3 is 2.73 bits per heavy atom. The van der Waals surface area contributed by atoms with E-state index in [4.69, 9.17) is 0 Å². The lowest BCUT2D eigenvalue weighted by atomic mass is 11.0. The summed E-state index contributed by atoms with van der Waals surface area (Å²) >= 11 is 2.96. The van der Waals surface area contributed by atoms with Crippen molar-refractivity contribution in [2.45, 2.75) is 0 Å². The molecule has 0 spiro atoms. The van der Waals surface area contributed by atoms with Gasteiger partial charge < -0.3 is 10.1 Å². The van der Waals surface area contributed by atoms with Gasteiger partial charge in [-0.05, 0) is 9.91 Å². The van der Waals surface area contributed by atoms with E-state index in [9.17, 15) is 10.1 Å². The number of rotatable bonds is 2. The Morgan fingerprint density at radius 2 is 2.45 bits per heavy atom. The fraction of sp³-hybridized carbons (Fsp3) is 0. The molecule has 0 amide bonds. The summed E-state index contributed by atoms with van der Waals surface area (Å²) in [4.78, 5) is 12.9. The van der Waals surface area contributed by atoms with Crippen LogP contribution in [0, 0.1) is 10.1 Å². The average Bonchev–Trinajstić information content (AvgIpc) is 2.31. The van der Waals surface area contributed by atoms with Gasteiger partial charge in [0.15, 0.2) is 0 Å². The van der Waals surface area contributed by atoms with Crippen LogP contribution in [0.2, 0.25) is 0 Å². The van der Waals surface area contributed by atoms with Crippen LogP contribution >= 0.6 is 15.9 Å². The Labute approximate surface area is 69.8 Å². The van der Waals surface area contributed by atoms with Crippen molar-refractivity contribution in [3.05, 3.63) is 21.4 Å². The Hall–Kier alpha value is -1.24. The molecule has 7 heteroatoms. The molecule has 0 N–H and O–H groups in total. The smallest absolute Gasteiger partial charge is 0.390 e. The highest BCUT2D eigenvalue weighted by atomic mass is 79.9. The van der Waals surface area contributed by atoms with Crippen LogP contribution in [-0.2, 0) is 0 Å². The fourth-order valence-electron chi connectivity index (χ4n) is 0.487. The highest BCUT2D eigenvalue weighted by Crippen LogP contribution is 2.11. The molecular weight excluding hydrogens is 216 g/mol. The van der Waals surface area contributed by atoms with Crippen LogP contribution in [0.5, 0.6) is 0 Å². The maximum atomic E-state index is 10.1. The molecule has 0 aromatic carbocycles. The van der Waals surface area contributed by atoms with Crippen LogP contribution in [0.3, 0.4) is 0 Å². The minimum Gasteiger partial charge on any atom is -0.390 e. The van der Waals surface area contributed by atoms with Gasteiger partial charge in [-0.15, -0.1) is 4.68 Å². The maximum absolute atomic E-state index is 10.1. The van der Waals surface area contributed by atoms with E-state index in [1.54, 1.807) is 0 Å². The van der Waals surface area contributed by atoms with Gasteiger partial charge in [0.05, 0.1) is 0 Å². The fourth-order valence-corrected chi connectivity index (χ4v) is 0.870. The van der Waals surface area contributed by atoms with Crippen LogP contribution in [0.15, 0.2) is 11.3 Å². The Bertz CT molecular complexity index is 307. The molecule has 1 rings (SSSR count). The van der Waals surface area contributed by atoms with Crippen molar-refractivity contribution in [2.24, 2.45) is 0 Å². The molecule has 0 saturated carbocycles. The first-order valence-electron chi connectivity index (χ1n) is 2.54. The molecular formula is C4H3BrN4O2. The van der Waals surface area contributed by atoms with Gasteiger partial charge in [0.1, 0.15) is 0 Å². The third-order valence-corrected chi connectivity index (χ3v) is 1.46. The largest absolute Gasteiger partial charge is 0.492 e. The highest BCUT2D eigenvalue weighted by Gasteiger charge is 2.16. The number of halogens is 1. The van der Waals surface area contributed by atoms with Gasteiger partial charge in [-0.25, -0.2) is 0 Å². The van der Waals surface area contributed by atoms with Gasteiger partial charge in [0.25, 0.3) is 4.73 Å². The zero-order valence-electron chi connectivity index (χ0n) is 5.27. The zero-order chi connectivity index (χ0) is 8.43. The normalized spacial score (nSPS) is 9.55. The average molecular weight is 219 g/mol. The molecule has 1 heterocycles. The first-order valence-corrected chi connectivity index (χ1v) is 3.33. The Kier molecular flexibility index (Phi) is 1.99. The van der Waals surface area contributed by atoms with Crippen LogP contribution in [-0.4, -0.2) is 19.7 Å². The number of hydrogen-bond acceptors (Lipinski definition) is 4. The molecule has 58 valence electrons. The third-order valence-electron chi connectivity index (χ3n) is 0.915. The molecule has 11 heavy (non-hydrogen) atoms. The van der Waals surface area contributed by atoms with E-state index in [-0.39, 0.29) is 4.73 Å². The topological polar surface area (TPSA) is 73.8 Å². The first-order chi connectivity index (χ1) is 5.15. The van der Waals surface area contributed by atoms with Gasteiger partial charge in [-0.3, -0.25) is 0 Å². The summed E-state index contributed by atoms with van der Waals surface area (Å²) in [5, 5.41) is 13.6. The molecule has 0 fully saturated rings. The molecule has 0 unspecified atom stereocenters. The van der Waals surface area contributed by atoms with E-state index >= 15 is 0 Å². The van der Waals surface area contributed by atoms with E-state index in [0.717, 1.165) is 4.68 Å². The Balaban J connectivity index is 3.14. The summed E-state index contributed by atoms with van der Waals surface area (Å²) < 4.78 is 1.43. The lowest BCUT2D eigenvalue weighted by molar-refractivity contribution is -0.394. The molecule has 0 aliphatic rings. The molecule has 0 aliphatic carbocycles. The van der Waals surface area contributed by atoms with Gasteiger partial charge >= 0.3 is 5.95 Å². The predicted molar refractivity (Wildman–Crippen MR) is 40.8 cm³/mol. The quantitative estimate of drug-likeness (QED) is 0.550. The van der Waals surface area contributed by atoms with Crippen LogP contribution in [0.4, 0.5) is 5.95 Å². The SMILES string of the molecule is C=Cn1nc([N+](=O)[O-])nc1Br. The summed E-state index contributed by atoms with van der Waals surface area (Å²) in [7, 11) is 0. The summed E-state index contributed by atoms with van der Waals surface area (Å²) in [6, 6.07) is 0. The monoisotopic (exact) mass is 218 g/mol. The van der Waals surface area contributed by atoms with Crippen molar-refractivity contribution in [1.29, 1.82) is 0 Å². The van der Waals surface area contributed by atoms with Crippen molar-refractivity contribution in [1.82, 2.24) is 14.8 Å². The van der Waals surface area contributed by atoms with Gasteiger partial charge in [-0.2, -0.15) is 0 Å². The van der Waals surface area contributed by atoms with Gasteiger partial charge in [0, 0.05) is 27.2 Å². The summed E-state index contributed by atoms with van der Waals surface area (Å²) in [5.74, 6) is -0.447. The third kappa shape index (κ3) is 1.43. The standard InChI is InChI=1S/C4H3BrN4O2/c1-2-8-3(5)6-4(7-8)9(10)11/h2H,1H2. The van der Waals surface area contributed by atoms with Crippen LogP contribution < -0.4 is 0 Å². The second-order valence-corrected chi connectivity index (χ2v) is 2.27. The lowest BCUT2D eigenvalue weighted by Crippen LogP contribution is -1.91. The second-order valence-electron chi connectivity index (χ2n) is 1.57. The molecule has 1 aromatic heterocycles. The van der Waals surface area contributed by atoms with E-state index < -0.39 is 10.9 Å². The van der Waals surface area contributed by atoms with Crippen molar-refractivity contribution in [3.8, 4) is 0 Å². The molecule has 1 aromatic rings. The molecule has 0 saturated heterocycles.